The predicted octanol–water partition coefficient (Wildman–Crippen LogP) is 4.38. The first-order valence-corrected chi connectivity index (χ1v) is 11.9. The topological polar surface area (TPSA) is 120 Å². The molecule has 0 spiro atoms. The number of nitrogens with one attached hydrogen (secondary N) is 2. The molecule has 0 saturated heterocycles. The Hall–Kier alpha value is -3.31. The Morgan fingerprint density at radius 2 is 1.97 bits per heavy atom. The maximum Gasteiger partial charge on any atom is 0.271 e. The minimum atomic E-state index is -3.83. The maximum atomic E-state index is 12.8. The lowest BCUT2D eigenvalue weighted by molar-refractivity contribution is -0.115. The van der Waals surface area contributed by atoms with E-state index in [1.54, 1.807) is 50.3 Å². The highest BCUT2D eigenvalue weighted by Gasteiger charge is 2.19. The first-order valence-electron chi connectivity index (χ1n) is 9.56. The van der Waals surface area contributed by atoms with Crippen molar-refractivity contribution in [1.82, 2.24) is 5.16 Å². The highest BCUT2D eigenvalue weighted by molar-refractivity contribution is 7.94. The predicted molar refractivity (Wildman–Crippen MR) is 124 cm³/mol. The van der Waals surface area contributed by atoms with E-state index in [4.69, 9.17) is 14.0 Å². The molecule has 0 aliphatic carbocycles. The number of nitrogens with zero attached hydrogens (tertiary/aromatic N) is 1. The number of rotatable bonds is 9. The second-order valence-electron chi connectivity index (χ2n) is 6.57. The number of thiophene rings is 1. The molecule has 1 aromatic carbocycles. The summed E-state index contributed by atoms with van der Waals surface area (Å²) in [7, 11) is -0.869. The summed E-state index contributed by atoms with van der Waals surface area (Å²) in [4.78, 5) is 12.4. The monoisotopic (exact) mass is 477 g/mol. The maximum absolute atomic E-state index is 12.8. The van der Waals surface area contributed by atoms with Crippen LogP contribution in [-0.2, 0) is 14.8 Å². The summed E-state index contributed by atoms with van der Waals surface area (Å²) in [6, 6.07) is 7.98. The summed E-state index contributed by atoms with van der Waals surface area (Å²) in [5.41, 5.74) is 1.34. The number of benzene rings is 1. The molecule has 2 heterocycles. The number of sulfonamides is 1. The molecule has 1 amide bonds. The van der Waals surface area contributed by atoms with Crippen molar-refractivity contribution < 1.29 is 27.2 Å². The van der Waals surface area contributed by atoms with Gasteiger partial charge in [-0.1, -0.05) is 12.1 Å². The lowest BCUT2D eigenvalue weighted by Crippen LogP contribution is -2.12. The molecule has 0 atom stereocenters. The Bertz CT molecular complexity index is 1240. The van der Waals surface area contributed by atoms with Crippen molar-refractivity contribution in [2.75, 3.05) is 24.3 Å². The van der Waals surface area contributed by atoms with Gasteiger partial charge in [0.2, 0.25) is 5.91 Å². The first-order chi connectivity index (χ1) is 15.3. The lowest BCUT2D eigenvalue weighted by atomic mass is 10.2. The van der Waals surface area contributed by atoms with Crippen LogP contribution in [0.4, 0.5) is 11.4 Å². The Kier molecular flexibility index (Phi) is 7.21. The molecule has 32 heavy (non-hydrogen) atoms. The number of amides is 1. The van der Waals surface area contributed by atoms with E-state index in [0.29, 0.717) is 45.6 Å². The summed E-state index contributed by atoms with van der Waals surface area (Å²) in [5, 5.41) is 6.62. The number of methoxy groups -OCH3 is 2. The van der Waals surface area contributed by atoms with Gasteiger partial charge in [0.1, 0.15) is 27.1 Å². The molecule has 3 rings (SSSR count). The van der Waals surface area contributed by atoms with E-state index in [1.807, 2.05) is 0 Å². The Balaban J connectivity index is 1.79. The molecular formula is C21H23N3O6S2. The number of carbonyl (C=O) groups excluding carboxylic acids is 1. The van der Waals surface area contributed by atoms with Crippen molar-refractivity contribution in [2.24, 2.45) is 0 Å². The van der Waals surface area contributed by atoms with Gasteiger partial charge >= 0.3 is 0 Å². The Morgan fingerprint density at radius 3 is 2.66 bits per heavy atom. The van der Waals surface area contributed by atoms with Crippen molar-refractivity contribution in [1.29, 1.82) is 0 Å². The lowest BCUT2D eigenvalue weighted by Gasteiger charge is -2.12. The van der Waals surface area contributed by atoms with Gasteiger partial charge in [-0.25, -0.2) is 8.42 Å². The van der Waals surface area contributed by atoms with Crippen LogP contribution in [0.15, 0.2) is 39.1 Å². The van der Waals surface area contributed by atoms with Gasteiger partial charge in [-0.05, 0) is 43.3 Å². The summed E-state index contributed by atoms with van der Waals surface area (Å²) in [6.45, 7) is 3.47. The van der Waals surface area contributed by atoms with Crippen LogP contribution in [0.5, 0.6) is 11.5 Å². The smallest absolute Gasteiger partial charge is 0.271 e. The van der Waals surface area contributed by atoms with Gasteiger partial charge in [0, 0.05) is 17.4 Å². The Labute approximate surface area is 190 Å². The molecule has 0 aliphatic heterocycles. The standard InChI is InChI=1S/C21H23N3O6S2/c1-5-19(25)22-21-13(2)23-30-17(21)10-7-15-8-11-20(31-15)32(26,27)24-16-9-6-14(28-3)12-18(16)29-4/h6-12,24H,5H2,1-4H3,(H,22,25)/b10-7+. The molecule has 0 saturated carbocycles. The van der Waals surface area contributed by atoms with Crippen LogP contribution < -0.4 is 19.5 Å². The van der Waals surface area contributed by atoms with Gasteiger partial charge in [-0.15, -0.1) is 11.3 Å². The quantitative estimate of drug-likeness (QED) is 0.469. The van der Waals surface area contributed by atoms with E-state index in [9.17, 15) is 13.2 Å². The summed E-state index contributed by atoms with van der Waals surface area (Å²) in [5.74, 6) is 1.11. The number of ether oxygens (including phenoxy) is 2. The van der Waals surface area contributed by atoms with Gasteiger partial charge in [0.05, 0.1) is 19.9 Å². The molecule has 3 aromatic rings. The number of carbonyl (C=O) groups is 1. The zero-order valence-corrected chi connectivity index (χ0v) is 19.6. The summed E-state index contributed by atoms with van der Waals surface area (Å²) in [6.07, 6.45) is 3.65. The van der Waals surface area contributed by atoms with Crippen LogP contribution in [0.25, 0.3) is 12.2 Å². The fraction of sp³-hybridized carbons (Fsp3) is 0.238. The van der Waals surface area contributed by atoms with E-state index < -0.39 is 10.0 Å². The third-order valence-electron chi connectivity index (χ3n) is 4.39. The van der Waals surface area contributed by atoms with Crippen molar-refractivity contribution in [3.63, 3.8) is 0 Å². The van der Waals surface area contributed by atoms with Crippen LogP contribution in [-0.4, -0.2) is 33.7 Å². The largest absolute Gasteiger partial charge is 0.497 e. The molecule has 170 valence electrons. The molecular weight excluding hydrogens is 454 g/mol. The minimum absolute atomic E-state index is 0.128. The zero-order chi connectivity index (χ0) is 23.3. The van der Waals surface area contributed by atoms with Crippen molar-refractivity contribution in [2.45, 2.75) is 24.5 Å². The van der Waals surface area contributed by atoms with Gasteiger partial charge in [-0.2, -0.15) is 0 Å². The number of anilines is 2. The fourth-order valence-electron chi connectivity index (χ4n) is 2.68. The van der Waals surface area contributed by atoms with Crippen LogP contribution in [0.3, 0.4) is 0 Å². The van der Waals surface area contributed by atoms with Gasteiger partial charge in [0.15, 0.2) is 5.76 Å². The van der Waals surface area contributed by atoms with Crippen LogP contribution in [0, 0.1) is 6.92 Å². The molecule has 11 heteroatoms. The Morgan fingerprint density at radius 1 is 1.19 bits per heavy atom. The number of hydrogen-bond donors (Lipinski definition) is 2. The fourth-order valence-corrected chi connectivity index (χ4v) is 4.98. The highest BCUT2D eigenvalue weighted by Crippen LogP contribution is 2.32. The average Bonchev–Trinajstić information content (AvgIpc) is 3.40. The highest BCUT2D eigenvalue weighted by atomic mass is 32.2. The number of hydrogen-bond acceptors (Lipinski definition) is 8. The van der Waals surface area contributed by atoms with Crippen molar-refractivity contribution >= 4 is 50.8 Å². The molecule has 0 unspecified atom stereocenters. The third kappa shape index (κ3) is 5.29. The molecule has 0 fully saturated rings. The van der Waals surface area contributed by atoms with Gasteiger partial charge in [0.25, 0.3) is 10.0 Å². The van der Waals surface area contributed by atoms with Gasteiger partial charge < -0.3 is 19.3 Å². The zero-order valence-electron chi connectivity index (χ0n) is 18.0. The summed E-state index contributed by atoms with van der Waals surface area (Å²) < 4.78 is 44.0. The van der Waals surface area contributed by atoms with E-state index in [2.05, 4.69) is 15.2 Å². The van der Waals surface area contributed by atoms with E-state index in [1.165, 1.54) is 20.3 Å². The number of aromatic nitrogens is 1. The van der Waals surface area contributed by atoms with Gasteiger partial charge in [-0.3, -0.25) is 9.52 Å². The number of aryl methyl sites for hydroxylation is 1. The van der Waals surface area contributed by atoms with E-state index >= 15 is 0 Å². The second kappa shape index (κ2) is 9.88. The molecule has 2 N–H and O–H groups in total. The van der Waals surface area contributed by atoms with E-state index in [0.717, 1.165) is 11.3 Å². The normalized spacial score (nSPS) is 11.5. The first kappa shape index (κ1) is 23.4. The van der Waals surface area contributed by atoms with Crippen LogP contribution in [0.2, 0.25) is 0 Å². The molecule has 0 radical (unpaired) electrons. The minimum Gasteiger partial charge on any atom is -0.497 e. The average molecular weight is 478 g/mol. The summed E-state index contributed by atoms with van der Waals surface area (Å²) >= 11 is 1.08. The van der Waals surface area contributed by atoms with Crippen LogP contribution >= 0.6 is 11.3 Å². The van der Waals surface area contributed by atoms with Crippen molar-refractivity contribution in [3.05, 3.63) is 46.7 Å². The second-order valence-corrected chi connectivity index (χ2v) is 9.60. The third-order valence-corrected chi connectivity index (χ3v) is 7.30. The van der Waals surface area contributed by atoms with E-state index in [-0.39, 0.29) is 10.1 Å². The van der Waals surface area contributed by atoms with Crippen molar-refractivity contribution in [3.8, 4) is 11.5 Å². The SMILES string of the molecule is CCC(=O)Nc1c(C)noc1/C=C/c1ccc(S(=O)(=O)Nc2ccc(OC)cc2OC)s1. The molecule has 2 aromatic heterocycles. The molecule has 0 bridgehead atoms. The molecule has 9 nitrogen and oxygen atoms in total. The molecule has 0 aliphatic rings. The van der Waals surface area contributed by atoms with Crippen LogP contribution in [0.1, 0.15) is 29.7 Å².